The van der Waals surface area contributed by atoms with E-state index >= 15 is 0 Å². The molecule has 2 nitrogen and oxygen atoms in total. The van der Waals surface area contributed by atoms with Crippen LogP contribution in [-0.2, 0) is 0 Å². The summed E-state index contributed by atoms with van der Waals surface area (Å²) in [4.78, 5) is 2.53. The minimum Gasteiger partial charge on any atom is -0.395 e. The number of alkyl halides is 1. The molecule has 18 heavy (non-hydrogen) atoms. The Labute approximate surface area is 121 Å². The van der Waals surface area contributed by atoms with Gasteiger partial charge in [-0.2, -0.15) is 0 Å². The minimum atomic E-state index is 0.287. The monoisotopic (exact) mass is 319 g/mol. The van der Waals surface area contributed by atoms with Gasteiger partial charge in [-0.05, 0) is 31.1 Å². The normalized spacial score (nSPS) is 19.7. The third kappa shape index (κ3) is 4.50. The molecule has 0 aromatic carbocycles. The van der Waals surface area contributed by atoms with Crippen molar-refractivity contribution < 1.29 is 5.11 Å². The first-order valence-electron chi connectivity index (χ1n) is 7.62. The Kier molecular flexibility index (Phi) is 7.81. The molecule has 0 bridgehead atoms. The first kappa shape index (κ1) is 16.5. The van der Waals surface area contributed by atoms with Crippen LogP contribution in [0.1, 0.15) is 58.8 Å². The van der Waals surface area contributed by atoms with Crippen LogP contribution in [0.15, 0.2) is 0 Å². The van der Waals surface area contributed by atoms with E-state index in [0.29, 0.717) is 11.5 Å². The summed E-state index contributed by atoms with van der Waals surface area (Å²) in [6.45, 7) is 6.81. The molecular formula is C15H30BrNO. The number of hydrogen-bond donors (Lipinski definition) is 1. The fraction of sp³-hybridized carbons (Fsp3) is 1.00. The van der Waals surface area contributed by atoms with Gasteiger partial charge in [-0.15, -0.1) is 0 Å². The zero-order valence-corrected chi connectivity index (χ0v) is 13.7. The van der Waals surface area contributed by atoms with Crippen molar-refractivity contribution in [2.75, 3.05) is 25.0 Å². The van der Waals surface area contributed by atoms with Crippen LogP contribution in [0.4, 0.5) is 0 Å². The molecule has 1 rings (SSSR count). The molecule has 1 N–H and O–H groups in total. The summed E-state index contributed by atoms with van der Waals surface area (Å²) in [6.07, 6.45) is 9.23. The Morgan fingerprint density at radius 2 is 1.78 bits per heavy atom. The SMILES string of the molecule is CCC(CC)N(CCO)CC1(CBr)CCCCC1. The predicted octanol–water partition coefficient (Wildman–Crippen LogP) is 3.81. The number of hydrogen-bond acceptors (Lipinski definition) is 2. The van der Waals surface area contributed by atoms with Gasteiger partial charge in [-0.3, -0.25) is 4.90 Å². The average Bonchev–Trinajstić information content (AvgIpc) is 2.41. The summed E-state index contributed by atoms with van der Waals surface area (Å²) in [5.41, 5.74) is 0.454. The lowest BCUT2D eigenvalue weighted by atomic mass is 9.75. The lowest BCUT2D eigenvalue weighted by Gasteiger charge is -2.42. The van der Waals surface area contributed by atoms with Gasteiger partial charge in [0.15, 0.2) is 0 Å². The van der Waals surface area contributed by atoms with Gasteiger partial charge in [0.25, 0.3) is 0 Å². The number of nitrogens with zero attached hydrogens (tertiary/aromatic N) is 1. The molecule has 0 aromatic heterocycles. The van der Waals surface area contributed by atoms with Crippen LogP contribution in [0.3, 0.4) is 0 Å². The van der Waals surface area contributed by atoms with E-state index in [4.69, 9.17) is 0 Å². The average molecular weight is 320 g/mol. The molecule has 108 valence electrons. The van der Waals surface area contributed by atoms with Crippen LogP contribution in [0, 0.1) is 5.41 Å². The zero-order valence-electron chi connectivity index (χ0n) is 12.1. The molecule has 3 heteroatoms. The van der Waals surface area contributed by atoms with E-state index in [2.05, 4.69) is 34.7 Å². The highest BCUT2D eigenvalue weighted by atomic mass is 79.9. The smallest absolute Gasteiger partial charge is 0.0558 e. The molecule has 0 radical (unpaired) electrons. The summed E-state index contributed by atoms with van der Waals surface area (Å²) < 4.78 is 0. The van der Waals surface area contributed by atoms with E-state index in [1.807, 2.05) is 0 Å². The highest BCUT2D eigenvalue weighted by Gasteiger charge is 2.34. The Balaban J connectivity index is 2.66. The highest BCUT2D eigenvalue weighted by Crippen LogP contribution is 2.39. The molecule has 1 saturated carbocycles. The third-order valence-corrected chi connectivity index (χ3v) is 5.77. The minimum absolute atomic E-state index is 0.287. The lowest BCUT2D eigenvalue weighted by Crippen LogP contribution is -2.46. The second-order valence-corrected chi connectivity index (χ2v) is 6.42. The van der Waals surface area contributed by atoms with Crippen LogP contribution in [0.5, 0.6) is 0 Å². The number of rotatable bonds is 8. The van der Waals surface area contributed by atoms with Crippen LogP contribution in [0.2, 0.25) is 0 Å². The summed E-state index contributed by atoms with van der Waals surface area (Å²) in [7, 11) is 0. The van der Waals surface area contributed by atoms with Gasteiger partial charge in [0.05, 0.1) is 6.61 Å². The van der Waals surface area contributed by atoms with Crippen molar-refractivity contribution in [3.05, 3.63) is 0 Å². The van der Waals surface area contributed by atoms with Crippen molar-refractivity contribution in [3.63, 3.8) is 0 Å². The molecule has 0 atom stereocenters. The fourth-order valence-corrected chi connectivity index (χ4v) is 4.13. The van der Waals surface area contributed by atoms with Crippen molar-refractivity contribution in [1.82, 2.24) is 4.90 Å². The van der Waals surface area contributed by atoms with Gasteiger partial charge in [0, 0.05) is 24.5 Å². The molecule has 0 amide bonds. The van der Waals surface area contributed by atoms with Gasteiger partial charge in [0.2, 0.25) is 0 Å². The van der Waals surface area contributed by atoms with Crippen LogP contribution >= 0.6 is 15.9 Å². The summed E-state index contributed by atoms with van der Waals surface area (Å²) in [5.74, 6) is 0. The number of aliphatic hydroxyl groups is 1. The van der Waals surface area contributed by atoms with Crippen molar-refractivity contribution in [2.45, 2.75) is 64.8 Å². The second-order valence-electron chi connectivity index (χ2n) is 5.86. The fourth-order valence-electron chi connectivity index (χ4n) is 3.39. The molecular weight excluding hydrogens is 290 g/mol. The van der Waals surface area contributed by atoms with E-state index < -0.39 is 0 Å². The first-order chi connectivity index (χ1) is 8.71. The van der Waals surface area contributed by atoms with Crippen LogP contribution in [0.25, 0.3) is 0 Å². The van der Waals surface area contributed by atoms with Crippen molar-refractivity contribution in [1.29, 1.82) is 0 Å². The predicted molar refractivity (Wildman–Crippen MR) is 82.3 cm³/mol. The molecule has 1 fully saturated rings. The van der Waals surface area contributed by atoms with Gasteiger partial charge in [-0.25, -0.2) is 0 Å². The third-order valence-electron chi connectivity index (χ3n) is 4.58. The van der Waals surface area contributed by atoms with Crippen molar-refractivity contribution in [2.24, 2.45) is 5.41 Å². The van der Waals surface area contributed by atoms with Gasteiger partial charge >= 0.3 is 0 Å². The Hall–Kier alpha value is 0.400. The molecule has 0 heterocycles. The summed E-state index contributed by atoms with van der Waals surface area (Å²) in [5, 5.41) is 10.4. The molecule has 0 spiro atoms. The van der Waals surface area contributed by atoms with Crippen molar-refractivity contribution in [3.8, 4) is 0 Å². The Bertz CT molecular complexity index is 213. The first-order valence-corrected chi connectivity index (χ1v) is 8.74. The van der Waals surface area contributed by atoms with Gasteiger partial charge < -0.3 is 5.11 Å². The number of aliphatic hydroxyl groups excluding tert-OH is 1. The maximum atomic E-state index is 9.31. The molecule has 1 aliphatic carbocycles. The summed E-state index contributed by atoms with van der Waals surface area (Å²) in [6, 6.07) is 0.634. The highest BCUT2D eigenvalue weighted by molar-refractivity contribution is 9.09. The zero-order chi connectivity index (χ0) is 13.4. The maximum Gasteiger partial charge on any atom is 0.0558 e. The quantitative estimate of drug-likeness (QED) is 0.687. The summed E-state index contributed by atoms with van der Waals surface area (Å²) >= 11 is 3.75. The van der Waals surface area contributed by atoms with Crippen LogP contribution in [-0.4, -0.2) is 41.1 Å². The second kappa shape index (κ2) is 8.55. The van der Waals surface area contributed by atoms with Crippen molar-refractivity contribution >= 4 is 15.9 Å². The van der Waals surface area contributed by atoms with E-state index in [1.165, 1.54) is 44.9 Å². The Morgan fingerprint density at radius 3 is 2.22 bits per heavy atom. The molecule has 0 saturated heterocycles. The standard InChI is InChI=1S/C15H30BrNO/c1-3-14(4-2)17(10-11-18)13-15(12-16)8-6-5-7-9-15/h14,18H,3-13H2,1-2H3. The Morgan fingerprint density at radius 1 is 1.17 bits per heavy atom. The van der Waals surface area contributed by atoms with E-state index in [0.717, 1.165) is 18.4 Å². The van der Waals surface area contributed by atoms with E-state index in [1.54, 1.807) is 0 Å². The topological polar surface area (TPSA) is 23.5 Å². The lowest BCUT2D eigenvalue weighted by molar-refractivity contribution is 0.0726. The number of halogens is 1. The van der Waals surface area contributed by atoms with Gasteiger partial charge in [0.1, 0.15) is 0 Å². The maximum absolute atomic E-state index is 9.31. The molecule has 0 unspecified atom stereocenters. The van der Waals surface area contributed by atoms with E-state index in [-0.39, 0.29) is 6.61 Å². The van der Waals surface area contributed by atoms with E-state index in [9.17, 15) is 5.11 Å². The molecule has 1 aliphatic rings. The van der Waals surface area contributed by atoms with Crippen LogP contribution < -0.4 is 0 Å². The molecule has 0 aromatic rings. The largest absolute Gasteiger partial charge is 0.395 e. The van der Waals surface area contributed by atoms with Gasteiger partial charge in [-0.1, -0.05) is 49.0 Å². The molecule has 0 aliphatic heterocycles.